The maximum atomic E-state index is 13.5. The minimum absolute atomic E-state index is 0.281. The Kier molecular flexibility index (Phi) is 5.71. The lowest BCUT2D eigenvalue weighted by atomic mass is 10.1. The fourth-order valence-electron chi connectivity index (χ4n) is 4.43. The number of fused-ring (bicyclic) bond motifs is 2. The minimum atomic E-state index is -0.281. The Hall–Kier alpha value is -4.43. The fraction of sp³-hybridized carbons (Fsp3) is 0.179. The van der Waals surface area contributed by atoms with Crippen LogP contribution >= 0.6 is 0 Å². The van der Waals surface area contributed by atoms with Crippen LogP contribution in [-0.2, 0) is 4.74 Å². The summed E-state index contributed by atoms with van der Waals surface area (Å²) in [5, 5.41) is 5.96. The lowest BCUT2D eigenvalue weighted by molar-refractivity contribution is 0.122. The van der Waals surface area contributed by atoms with E-state index in [1.54, 1.807) is 19.4 Å². The van der Waals surface area contributed by atoms with Crippen molar-refractivity contribution in [1.82, 2.24) is 9.66 Å². The highest BCUT2D eigenvalue weighted by atomic mass is 16.5. The first-order valence-electron chi connectivity index (χ1n) is 11.8. The van der Waals surface area contributed by atoms with Crippen LogP contribution in [0.25, 0.3) is 33.5 Å². The van der Waals surface area contributed by atoms with Crippen LogP contribution < -0.4 is 15.2 Å². The van der Waals surface area contributed by atoms with Crippen molar-refractivity contribution in [3.8, 4) is 17.3 Å². The summed E-state index contributed by atoms with van der Waals surface area (Å²) in [6.07, 6.45) is 1.62. The van der Waals surface area contributed by atoms with Gasteiger partial charge in [-0.3, -0.25) is 4.79 Å². The molecule has 0 bridgehead atoms. The molecule has 3 aromatic carbocycles. The van der Waals surface area contributed by atoms with E-state index in [1.807, 2.05) is 66.7 Å². The van der Waals surface area contributed by atoms with Gasteiger partial charge in [0.25, 0.3) is 5.56 Å². The first kappa shape index (κ1) is 22.1. The molecule has 36 heavy (non-hydrogen) atoms. The quantitative estimate of drug-likeness (QED) is 0.344. The number of hydrogen-bond donors (Lipinski definition) is 0. The molecule has 6 rings (SSSR count). The zero-order valence-corrected chi connectivity index (χ0v) is 19.8. The zero-order valence-electron chi connectivity index (χ0n) is 19.8. The molecule has 5 aromatic rings. The molecule has 0 unspecified atom stereocenters. The Morgan fingerprint density at radius 1 is 1.00 bits per heavy atom. The van der Waals surface area contributed by atoms with E-state index in [4.69, 9.17) is 18.9 Å². The molecule has 0 atom stereocenters. The Balaban J connectivity index is 1.45. The van der Waals surface area contributed by atoms with Crippen molar-refractivity contribution in [2.75, 3.05) is 38.3 Å². The second kappa shape index (κ2) is 9.31. The number of methoxy groups -OCH3 is 1. The molecule has 3 heterocycles. The van der Waals surface area contributed by atoms with E-state index in [2.05, 4.69) is 10.0 Å². The summed E-state index contributed by atoms with van der Waals surface area (Å²) in [6.45, 7) is 3.06. The first-order chi connectivity index (χ1) is 17.7. The van der Waals surface area contributed by atoms with Crippen molar-refractivity contribution in [2.45, 2.75) is 0 Å². The van der Waals surface area contributed by atoms with Gasteiger partial charge in [0.1, 0.15) is 11.3 Å². The molecule has 2 aromatic heterocycles. The molecule has 0 radical (unpaired) electrons. The fourth-order valence-corrected chi connectivity index (χ4v) is 4.43. The van der Waals surface area contributed by atoms with Gasteiger partial charge in [-0.15, -0.1) is 0 Å². The number of hydrogen-bond acceptors (Lipinski definition) is 7. The molecule has 8 heteroatoms. The molecule has 0 aliphatic carbocycles. The second-order valence-corrected chi connectivity index (χ2v) is 8.49. The van der Waals surface area contributed by atoms with Crippen molar-refractivity contribution in [3.63, 3.8) is 0 Å². The van der Waals surface area contributed by atoms with Crippen LogP contribution in [0.5, 0.6) is 5.75 Å². The predicted octanol–water partition coefficient (Wildman–Crippen LogP) is 4.54. The normalized spacial score (nSPS) is 14.2. The number of nitrogens with zero attached hydrogens (tertiary/aromatic N) is 4. The van der Waals surface area contributed by atoms with E-state index >= 15 is 0 Å². The second-order valence-electron chi connectivity index (χ2n) is 8.49. The smallest absolute Gasteiger partial charge is 0.282 e. The van der Waals surface area contributed by atoms with Crippen LogP contribution in [0.2, 0.25) is 0 Å². The third kappa shape index (κ3) is 4.01. The number of ether oxygens (including phenoxy) is 2. The van der Waals surface area contributed by atoms with Gasteiger partial charge in [-0.1, -0.05) is 30.3 Å². The molecular weight excluding hydrogens is 456 g/mol. The van der Waals surface area contributed by atoms with E-state index in [1.165, 1.54) is 4.68 Å². The molecular formula is C28H24N4O4. The Bertz CT molecular complexity index is 1610. The standard InChI is InChI=1S/C28H24N4O4/c1-34-25-17-21(31-12-14-35-15-13-31)11-10-20(25)18-29-32-27(26-16-19-6-2-5-9-24(19)36-26)30-23-8-4-3-7-22(23)28(32)33/h2-11,16-18H,12-15H2,1H3. The van der Waals surface area contributed by atoms with Crippen LogP contribution in [0.1, 0.15) is 5.56 Å². The van der Waals surface area contributed by atoms with Crippen LogP contribution in [0.4, 0.5) is 5.69 Å². The first-order valence-corrected chi connectivity index (χ1v) is 11.8. The third-order valence-corrected chi connectivity index (χ3v) is 6.31. The maximum Gasteiger partial charge on any atom is 0.282 e. The average molecular weight is 481 g/mol. The highest BCUT2D eigenvalue weighted by Crippen LogP contribution is 2.28. The van der Waals surface area contributed by atoms with Gasteiger partial charge < -0.3 is 18.8 Å². The average Bonchev–Trinajstić information content (AvgIpc) is 3.37. The van der Waals surface area contributed by atoms with E-state index in [0.29, 0.717) is 47.0 Å². The van der Waals surface area contributed by atoms with Crippen LogP contribution in [0.15, 0.2) is 87.1 Å². The lowest BCUT2D eigenvalue weighted by Crippen LogP contribution is -2.36. The SMILES string of the molecule is COc1cc(N2CCOCC2)ccc1C=Nn1c(-c2cc3ccccc3o2)nc2ccccc2c1=O. The highest BCUT2D eigenvalue weighted by Gasteiger charge is 2.17. The molecule has 0 saturated carbocycles. The van der Waals surface area contributed by atoms with Gasteiger partial charge in [0.05, 0.1) is 37.4 Å². The van der Waals surface area contributed by atoms with Crippen molar-refractivity contribution in [1.29, 1.82) is 0 Å². The summed E-state index contributed by atoms with van der Waals surface area (Å²) in [4.78, 5) is 20.5. The Morgan fingerprint density at radius 2 is 1.81 bits per heavy atom. The monoisotopic (exact) mass is 480 g/mol. The largest absolute Gasteiger partial charge is 0.496 e. The summed E-state index contributed by atoms with van der Waals surface area (Å²) in [6, 6.07) is 22.7. The van der Waals surface area contributed by atoms with Crippen LogP contribution in [-0.4, -0.2) is 49.3 Å². The maximum absolute atomic E-state index is 13.5. The van der Waals surface area contributed by atoms with E-state index in [-0.39, 0.29) is 5.56 Å². The van der Waals surface area contributed by atoms with Gasteiger partial charge in [0.2, 0.25) is 5.82 Å². The number of furan rings is 1. The van der Waals surface area contributed by atoms with E-state index in [9.17, 15) is 4.79 Å². The van der Waals surface area contributed by atoms with Crippen molar-refractivity contribution in [2.24, 2.45) is 5.10 Å². The Labute approximate surface area is 207 Å². The molecule has 0 amide bonds. The third-order valence-electron chi connectivity index (χ3n) is 6.31. The molecule has 0 spiro atoms. The lowest BCUT2D eigenvalue weighted by Gasteiger charge is -2.29. The van der Waals surface area contributed by atoms with Gasteiger partial charge in [-0.25, -0.2) is 4.98 Å². The zero-order chi connectivity index (χ0) is 24.5. The molecule has 8 nitrogen and oxygen atoms in total. The summed E-state index contributed by atoms with van der Waals surface area (Å²) >= 11 is 0. The summed E-state index contributed by atoms with van der Waals surface area (Å²) in [5.74, 6) is 1.45. The van der Waals surface area contributed by atoms with Gasteiger partial charge in [0.15, 0.2) is 5.76 Å². The van der Waals surface area contributed by atoms with Crippen molar-refractivity contribution in [3.05, 3.63) is 88.7 Å². The van der Waals surface area contributed by atoms with Crippen LogP contribution in [0.3, 0.4) is 0 Å². The number of morpholine rings is 1. The molecule has 1 fully saturated rings. The van der Waals surface area contributed by atoms with Gasteiger partial charge >= 0.3 is 0 Å². The number of anilines is 1. The summed E-state index contributed by atoms with van der Waals surface area (Å²) < 4.78 is 18.4. The number of para-hydroxylation sites is 2. The van der Waals surface area contributed by atoms with Crippen LogP contribution in [0, 0.1) is 0 Å². The van der Waals surface area contributed by atoms with Gasteiger partial charge in [0, 0.05) is 35.8 Å². The summed E-state index contributed by atoms with van der Waals surface area (Å²) in [7, 11) is 1.62. The molecule has 1 aliphatic rings. The highest BCUT2D eigenvalue weighted by molar-refractivity contribution is 5.86. The molecule has 0 N–H and O–H groups in total. The van der Waals surface area contributed by atoms with Crippen molar-refractivity contribution < 1.29 is 13.9 Å². The summed E-state index contributed by atoms with van der Waals surface area (Å²) in [5.41, 5.74) is 2.81. The van der Waals surface area contributed by atoms with Crippen molar-refractivity contribution >= 4 is 33.8 Å². The Morgan fingerprint density at radius 3 is 2.64 bits per heavy atom. The number of aromatic nitrogens is 2. The van der Waals surface area contributed by atoms with E-state index < -0.39 is 0 Å². The number of rotatable bonds is 5. The molecule has 1 saturated heterocycles. The topological polar surface area (TPSA) is 82.1 Å². The predicted molar refractivity (Wildman–Crippen MR) is 140 cm³/mol. The molecule has 1 aliphatic heterocycles. The van der Waals surface area contributed by atoms with Gasteiger partial charge in [-0.2, -0.15) is 9.78 Å². The molecule has 180 valence electrons. The number of benzene rings is 3. The van der Waals surface area contributed by atoms with E-state index in [0.717, 1.165) is 29.7 Å². The minimum Gasteiger partial charge on any atom is -0.496 e. The van der Waals surface area contributed by atoms with Gasteiger partial charge in [-0.05, 0) is 36.4 Å².